The molecular weight excluding hydrogens is 262 g/mol. The second kappa shape index (κ2) is 6.28. The van der Waals surface area contributed by atoms with Crippen LogP contribution in [0.1, 0.15) is 32.6 Å². The molecule has 1 aliphatic carbocycles. The van der Waals surface area contributed by atoms with E-state index in [2.05, 4.69) is 26.7 Å². The molecule has 116 valence electrons. The molecule has 2 N–H and O–H groups in total. The van der Waals surface area contributed by atoms with Gasteiger partial charge in [0.1, 0.15) is 0 Å². The summed E-state index contributed by atoms with van der Waals surface area (Å²) in [5.74, 6) is 1.63. The molecule has 0 amide bonds. The molecule has 1 aromatic rings. The van der Waals surface area contributed by atoms with Gasteiger partial charge in [-0.3, -0.25) is 4.90 Å². The van der Waals surface area contributed by atoms with Crippen molar-refractivity contribution in [1.29, 1.82) is 0 Å². The standard InChI is InChI=1S/C16H27N5/c1-14-4-2-5-16(17,12-14)13-20-8-10-21(11-9-20)15-18-6-3-7-19-15/h3,6-7,14H,2,4-5,8-13,17H2,1H3. The number of aromatic nitrogens is 2. The molecule has 3 rings (SSSR count). The third kappa shape index (κ3) is 3.71. The molecule has 0 spiro atoms. The van der Waals surface area contributed by atoms with Crippen LogP contribution < -0.4 is 10.6 Å². The number of piperazine rings is 1. The summed E-state index contributed by atoms with van der Waals surface area (Å²) in [6.07, 6.45) is 8.61. The molecule has 0 radical (unpaired) electrons. The number of anilines is 1. The van der Waals surface area contributed by atoms with Gasteiger partial charge in [-0.25, -0.2) is 9.97 Å². The molecule has 2 aliphatic rings. The Balaban J connectivity index is 1.52. The lowest BCUT2D eigenvalue weighted by Crippen LogP contribution is -2.57. The van der Waals surface area contributed by atoms with E-state index in [9.17, 15) is 0 Å². The first kappa shape index (κ1) is 14.7. The van der Waals surface area contributed by atoms with Crippen LogP contribution in [0.2, 0.25) is 0 Å². The van der Waals surface area contributed by atoms with E-state index in [-0.39, 0.29) is 5.54 Å². The van der Waals surface area contributed by atoms with Crippen molar-refractivity contribution in [3.8, 4) is 0 Å². The third-order valence-corrected chi connectivity index (χ3v) is 4.87. The number of nitrogens with two attached hydrogens (primary N) is 1. The molecule has 2 atom stereocenters. The molecular formula is C16H27N5. The second-order valence-electron chi connectivity index (χ2n) is 6.88. The Bertz CT molecular complexity index is 443. The van der Waals surface area contributed by atoms with Gasteiger partial charge in [0.15, 0.2) is 0 Å². The first-order valence-electron chi connectivity index (χ1n) is 8.18. The fourth-order valence-electron chi connectivity index (χ4n) is 3.85. The largest absolute Gasteiger partial charge is 0.338 e. The van der Waals surface area contributed by atoms with Gasteiger partial charge in [0.05, 0.1) is 0 Å². The van der Waals surface area contributed by atoms with Crippen molar-refractivity contribution < 1.29 is 0 Å². The van der Waals surface area contributed by atoms with Crippen molar-refractivity contribution in [2.75, 3.05) is 37.6 Å². The normalized spacial score (nSPS) is 31.3. The van der Waals surface area contributed by atoms with Crippen molar-refractivity contribution in [3.63, 3.8) is 0 Å². The molecule has 2 heterocycles. The Morgan fingerprint density at radius 2 is 1.95 bits per heavy atom. The minimum atomic E-state index is 0.0308. The van der Waals surface area contributed by atoms with Crippen molar-refractivity contribution >= 4 is 5.95 Å². The molecule has 2 unspecified atom stereocenters. The summed E-state index contributed by atoms with van der Waals surface area (Å²) in [6, 6.07) is 1.86. The molecule has 0 bridgehead atoms. The van der Waals surface area contributed by atoms with Crippen LogP contribution in [-0.2, 0) is 0 Å². The van der Waals surface area contributed by atoms with Gasteiger partial charge in [-0.1, -0.05) is 19.8 Å². The van der Waals surface area contributed by atoms with Gasteiger partial charge < -0.3 is 10.6 Å². The molecule has 5 nitrogen and oxygen atoms in total. The lowest BCUT2D eigenvalue weighted by Gasteiger charge is -2.43. The summed E-state index contributed by atoms with van der Waals surface area (Å²) in [7, 11) is 0. The van der Waals surface area contributed by atoms with E-state index in [1.54, 1.807) is 0 Å². The highest BCUT2D eigenvalue weighted by Gasteiger charge is 2.33. The minimum absolute atomic E-state index is 0.0308. The van der Waals surface area contributed by atoms with E-state index in [1.807, 2.05) is 18.5 Å². The molecule has 1 aromatic heterocycles. The molecule has 2 fully saturated rings. The number of hydrogen-bond acceptors (Lipinski definition) is 5. The molecule has 1 saturated carbocycles. The topological polar surface area (TPSA) is 58.3 Å². The summed E-state index contributed by atoms with van der Waals surface area (Å²) in [4.78, 5) is 13.5. The molecule has 5 heteroatoms. The van der Waals surface area contributed by atoms with E-state index >= 15 is 0 Å². The summed E-state index contributed by atoms with van der Waals surface area (Å²) in [5, 5.41) is 0. The van der Waals surface area contributed by atoms with E-state index in [4.69, 9.17) is 5.73 Å². The maximum Gasteiger partial charge on any atom is 0.225 e. The van der Waals surface area contributed by atoms with Crippen LogP contribution in [0.25, 0.3) is 0 Å². The smallest absolute Gasteiger partial charge is 0.225 e. The molecule has 21 heavy (non-hydrogen) atoms. The SMILES string of the molecule is CC1CCCC(N)(CN2CCN(c3ncccn3)CC2)C1. The average molecular weight is 289 g/mol. The first-order chi connectivity index (χ1) is 10.1. The van der Waals surface area contributed by atoms with E-state index in [0.29, 0.717) is 0 Å². The van der Waals surface area contributed by atoms with Gasteiger partial charge in [0, 0.05) is 50.7 Å². The summed E-state index contributed by atoms with van der Waals surface area (Å²) >= 11 is 0. The lowest BCUT2D eigenvalue weighted by atomic mass is 9.76. The van der Waals surface area contributed by atoms with Gasteiger partial charge in [0.25, 0.3) is 0 Å². The molecule has 1 aliphatic heterocycles. The summed E-state index contributed by atoms with van der Waals surface area (Å²) < 4.78 is 0. The quantitative estimate of drug-likeness (QED) is 0.914. The maximum absolute atomic E-state index is 6.65. The van der Waals surface area contributed by atoms with Crippen LogP contribution in [0.5, 0.6) is 0 Å². The Morgan fingerprint density at radius 1 is 1.24 bits per heavy atom. The monoisotopic (exact) mass is 289 g/mol. The van der Waals surface area contributed by atoms with Crippen LogP contribution in [0.3, 0.4) is 0 Å². The fraction of sp³-hybridized carbons (Fsp3) is 0.750. The number of hydrogen-bond donors (Lipinski definition) is 1. The van der Waals surface area contributed by atoms with Gasteiger partial charge in [-0.05, 0) is 24.8 Å². The third-order valence-electron chi connectivity index (χ3n) is 4.87. The zero-order chi connectivity index (χ0) is 14.7. The Morgan fingerprint density at radius 3 is 2.62 bits per heavy atom. The number of rotatable bonds is 3. The predicted molar refractivity (Wildman–Crippen MR) is 85.2 cm³/mol. The van der Waals surface area contributed by atoms with E-state index in [1.165, 1.54) is 25.7 Å². The van der Waals surface area contributed by atoms with Gasteiger partial charge in [0.2, 0.25) is 5.95 Å². The zero-order valence-electron chi connectivity index (χ0n) is 13.0. The van der Waals surface area contributed by atoms with Gasteiger partial charge in [-0.15, -0.1) is 0 Å². The van der Waals surface area contributed by atoms with Crippen LogP contribution in [0.15, 0.2) is 18.5 Å². The van der Waals surface area contributed by atoms with E-state index < -0.39 is 0 Å². The highest BCUT2D eigenvalue weighted by atomic mass is 15.3. The minimum Gasteiger partial charge on any atom is -0.338 e. The average Bonchev–Trinajstić information content (AvgIpc) is 2.48. The highest BCUT2D eigenvalue weighted by molar-refractivity contribution is 5.29. The summed E-state index contributed by atoms with van der Waals surface area (Å²) in [6.45, 7) is 7.49. The van der Waals surface area contributed by atoms with Crippen molar-refractivity contribution in [2.24, 2.45) is 11.7 Å². The highest BCUT2D eigenvalue weighted by Crippen LogP contribution is 2.31. The van der Waals surface area contributed by atoms with Gasteiger partial charge in [-0.2, -0.15) is 0 Å². The lowest BCUT2D eigenvalue weighted by molar-refractivity contribution is 0.144. The maximum atomic E-state index is 6.65. The van der Waals surface area contributed by atoms with Crippen LogP contribution in [0.4, 0.5) is 5.95 Å². The van der Waals surface area contributed by atoms with Crippen LogP contribution >= 0.6 is 0 Å². The second-order valence-corrected chi connectivity index (χ2v) is 6.88. The van der Waals surface area contributed by atoms with Crippen LogP contribution in [-0.4, -0.2) is 53.1 Å². The number of nitrogens with zero attached hydrogens (tertiary/aromatic N) is 4. The van der Waals surface area contributed by atoms with Crippen molar-refractivity contribution in [1.82, 2.24) is 14.9 Å². The predicted octanol–water partition coefficient (Wildman–Crippen LogP) is 1.51. The van der Waals surface area contributed by atoms with Gasteiger partial charge >= 0.3 is 0 Å². The Labute approximate surface area is 127 Å². The van der Waals surface area contributed by atoms with E-state index in [0.717, 1.165) is 44.6 Å². The van der Waals surface area contributed by atoms with Crippen molar-refractivity contribution in [3.05, 3.63) is 18.5 Å². The fourth-order valence-corrected chi connectivity index (χ4v) is 3.85. The zero-order valence-corrected chi connectivity index (χ0v) is 13.0. The summed E-state index contributed by atoms with van der Waals surface area (Å²) in [5.41, 5.74) is 6.68. The molecule has 0 aromatic carbocycles. The Kier molecular flexibility index (Phi) is 4.40. The first-order valence-corrected chi connectivity index (χ1v) is 8.18. The van der Waals surface area contributed by atoms with Crippen molar-refractivity contribution in [2.45, 2.75) is 38.1 Å². The Hall–Kier alpha value is -1.20. The molecule has 1 saturated heterocycles. The van der Waals surface area contributed by atoms with Crippen LogP contribution in [0, 0.1) is 5.92 Å².